The summed E-state index contributed by atoms with van der Waals surface area (Å²) in [7, 11) is 0. The lowest BCUT2D eigenvalue weighted by atomic mass is 10.1. The average Bonchev–Trinajstić information content (AvgIpc) is 2.77. The van der Waals surface area contributed by atoms with Crippen molar-refractivity contribution in [1.82, 2.24) is 5.32 Å². The number of hydrogen-bond acceptors (Lipinski definition) is 4. The molecule has 0 heterocycles. The second kappa shape index (κ2) is 5.95. The quantitative estimate of drug-likeness (QED) is 0.661. The second-order valence-electron chi connectivity index (χ2n) is 4.72. The van der Waals surface area contributed by atoms with Crippen LogP contribution in [-0.4, -0.2) is 22.9 Å². The van der Waals surface area contributed by atoms with E-state index in [1.165, 1.54) is 0 Å². The van der Waals surface area contributed by atoms with Crippen LogP contribution in [0, 0.1) is 10.1 Å². The molecular formula is C12H13Cl2N3O3. The van der Waals surface area contributed by atoms with Crippen molar-refractivity contribution in [2.45, 2.75) is 31.3 Å². The van der Waals surface area contributed by atoms with E-state index in [0.29, 0.717) is 0 Å². The Morgan fingerprint density at radius 1 is 1.40 bits per heavy atom. The van der Waals surface area contributed by atoms with Gasteiger partial charge in [-0.3, -0.25) is 14.9 Å². The molecule has 3 N–H and O–H groups in total. The van der Waals surface area contributed by atoms with Gasteiger partial charge in [0, 0.05) is 24.2 Å². The second-order valence-corrected chi connectivity index (χ2v) is 5.51. The minimum atomic E-state index is -0.625. The molecule has 108 valence electrons. The summed E-state index contributed by atoms with van der Waals surface area (Å²) >= 11 is 11.8. The molecule has 2 unspecified atom stereocenters. The molecule has 1 fully saturated rings. The number of nitro benzene ring substituents is 1. The topological polar surface area (TPSA) is 98.3 Å². The number of non-ortho nitro benzene ring substituents is 1. The van der Waals surface area contributed by atoms with Gasteiger partial charge in [0.15, 0.2) is 0 Å². The Hall–Kier alpha value is -1.37. The SMILES string of the molecule is NC1CCCC1NC(=O)c1cc([N+](=O)[O-])cc(Cl)c1Cl. The number of benzene rings is 1. The van der Waals surface area contributed by atoms with Gasteiger partial charge in [0.25, 0.3) is 11.6 Å². The first-order valence-electron chi connectivity index (χ1n) is 6.10. The molecule has 1 saturated carbocycles. The van der Waals surface area contributed by atoms with Crippen LogP contribution in [0.4, 0.5) is 5.69 Å². The molecule has 0 radical (unpaired) electrons. The lowest BCUT2D eigenvalue weighted by molar-refractivity contribution is -0.384. The third-order valence-electron chi connectivity index (χ3n) is 3.35. The van der Waals surface area contributed by atoms with Gasteiger partial charge >= 0.3 is 0 Å². The number of carbonyl (C=O) groups is 1. The summed E-state index contributed by atoms with van der Waals surface area (Å²) in [5, 5.41) is 13.5. The van der Waals surface area contributed by atoms with Gasteiger partial charge in [-0.25, -0.2) is 0 Å². The van der Waals surface area contributed by atoms with E-state index in [2.05, 4.69) is 5.32 Å². The fourth-order valence-corrected chi connectivity index (χ4v) is 2.67. The number of nitrogens with zero attached hydrogens (tertiary/aromatic N) is 1. The van der Waals surface area contributed by atoms with Crippen molar-refractivity contribution in [2.75, 3.05) is 0 Å². The van der Waals surface area contributed by atoms with Crippen molar-refractivity contribution < 1.29 is 9.72 Å². The normalized spacial score (nSPS) is 21.8. The van der Waals surface area contributed by atoms with E-state index in [9.17, 15) is 14.9 Å². The number of nitro groups is 1. The molecule has 8 heteroatoms. The molecule has 0 spiro atoms. The van der Waals surface area contributed by atoms with Gasteiger partial charge in [0.1, 0.15) is 0 Å². The Morgan fingerprint density at radius 3 is 2.65 bits per heavy atom. The molecular weight excluding hydrogens is 305 g/mol. The molecule has 0 bridgehead atoms. The van der Waals surface area contributed by atoms with Gasteiger partial charge < -0.3 is 11.1 Å². The Labute approximate surface area is 125 Å². The van der Waals surface area contributed by atoms with Gasteiger partial charge in [-0.15, -0.1) is 0 Å². The first-order valence-corrected chi connectivity index (χ1v) is 6.85. The molecule has 0 aliphatic heterocycles. The molecule has 0 aromatic heterocycles. The van der Waals surface area contributed by atoms with E-state index in [-0.39, 0.29) is 33.4 Å². The zero-order chi connectivity index (χ0) is 14.9. The summed E-state index contributed by atoms with van der Waals surface area (Å²) in [5.74, 6) is -0.497. The lowest BCUT2D eigenvalue weighted by Gasteiger charge is -2.17. The van der Waals surface area contributed by atoms with Crippen molar-refractivity contribution in [3.05, 3.63) is 37.9 Å². The van der Waals surface area contributed by atoms with Crippen LogP contribution in [0.15, 0.2) is 12.1 Å². The van der Waals surface area contributed by atoms with E-state index in [1.54, 1.807) is 0 Å². The highest BCUT2D eigenvalue weighted by molar-refractivity contribution is 6.44. The monoisotopic (exact) mass is 317 g/mol. The van der Waals surface area contributed by atoms with Gasteiger partial charge in [0.2, 0.25) is 0 Å². The molecule has 1 aromatic carbocycles. The Morgan fingerprint density at radius 2 is 2.10 bits per heavy atom. The van der Waals surface area contributed by atoms with Crippen molar-refractivity contribution in [2.24, 2.45) is 5.73 Å². The average molecular weight is 318 g/mol. The van der Waals surface area contributed by atoms with Crippen LogP contribution in [0.2, 0.25) is 10.0 Å². The molecule has 20 heavy (non-hydrogen) atoms. The summed E-state index contributed by atoms with van der Waals surface area (Å²) in [6.45, 7) is 0. The zero-order valence-electron chi connectivity index (χ0n) is 10.4. The predicted octanol–water partition coefficient (Wildman–Crippen LogP) is 2.51. The van der Waals surface area contributed by atoms with E-state index >= 15 is 0 Å². The van der Waals surface area contributed by atoms with E-state index in [4.69, 9.17) is 28.9 Å². The summed E-state index contributed by atoms with van der Waals surface area (Å²) in [4.78, 5) is 22.3. The van der Waals surface area contributed by atoms with Gasteiger partial charge in [0.05, 0.1) is 20.5 Å². The van der Waals surface area contributed by atoms with Crippen molar-refractivity contribution in [1.29, 1.82) is 0 Å². The van der Waals surface area contributed by atoms with Gasteiger partial charge in [-0.05, 0) is 19.3 Å². The van der Waals surface area contributed by atoms with Crippen LogP contribution >= 0.6 is 23.2 Å². The highest BCUT2D eigenvalue weighted by Crippen LogP contribution is 2.31. The van der Waals surface area contributed by atoms with E-state index in [1.807, 2.05) is 0 Å². The number of amides is 1. The number of nitrogens with one attached hydrogen (secondary N) is 1. The van der Waals surface area contributed by atoms with Crippen molar-refractivity contribution in [3.8, 4) is 0 Å². The largest absolute Gasteiger partial charge is 0.348 e. The summed E-state index contributed by atoms with van der Waals surface area (Å²) in [6.07, 6.45) is 2.57. The maximum Gasteiger partial charge on any atom is 0.271 e. The molecule has 1 aliphatic carbocycles. The molecule has 2 atom stereocenters. The Balaban J connectivity index is 2.26. The van der Waals surface area contributed by atoms with Crippen molar-refractivity contribution in [3.63, 3.8) is 0 Å². The van der Waals surface area contributed by atoms with Crippen LogP contribution in [0.5, 0.6) is 0 Å². The van der Waals surface area contributed by atoms with Crippen LogP contribution in [0.3, 0.4) is 0 Å². The first kappa shape index (κ1) is 15.0. The first-order chi connectivity index (χ1) is 9.40. The maximum atomic E-state index is 12.2. The molecule has 6 nitrogen and oxygen atoms in total. The lowest BCUT2D eigenvalue weighted by Crippen LogP contribution is -2.44. The summed E-state index contributed by atoms with van der Waals surface area (Å²) in [5.41, 5.74) is 5.58. The summed E-state index contributed by atoms with van der Waals surface area (Å²) in [6, 6.07) is 1.98. The molecule has 0 saturated heterocycles. The van der Waals surface area contributed by atoms with Crippen LogP contribution in [0.25, 0.3) is 0 Å². The number of nitrogens with two attached hydrogens (primary N) is 1. The number of halogens is 2. The minimum Gasteiger partial charge on any atom is -0.348 e. The fourth-order valence-electron chi connectivity index (χ4n) is 2.26. The molecule has 2 rings (SSSR count). The highest BCUT2D eigenvalue weighted by atomic mass is 35.5. The summed E-state index contributed by atoms with van der Waals surface area (Å²) < 4.78 is 0. The molecule has 1 amide bonds. The zero-order valence-corrected chi connectivity index (χ0v) is 11.9. The number of rotatable bonds is 3. The minimum absolute atomic E-state index is 0.00124. The van der Waals surface area contributed by atoms with Gasteiger partial charge in [-0.2, -0.15) is 0 Å². The number of hydrogen-bond donors (Lipinski definition) is 2. The van der Waals surface area contributed by atoms with Gasteiger partial charge in [-0.1, -0.05) is 23.2 Å². The van der Waals surface area contributed by atoms with Crippen LogP contribution < -0.4 is 11.1 Å². The van der Waals surface area contributed by atoms with Crippen molar-refractivity contribution >= 4 is 34.8 Å². The molecule has 1 aliphatic rings. The third-order valence-corrected chi connectivity index (χ3v) is 4.16. The highest BCUT2D eigenvalue weighted by Gasteiger charge is 2.27. The smallest absolute Gasteiger partial charge is 0.271 e. The number of carbonyl (C=O) groups excluding carboxylic acids is 1. The Bertz CT molecular complexity index is 565. The maximum absolute atomic E-state index is 12.2. The van der Waals surface area contributed by atoms with Crippen LogP contribution in [-0.2, 0) is 0 Å². The predicted molar refractivity (Wildman–Crippen MR) is 76.2 cm³/mol. The van der Waals surface area contributed by atoms with E-state index in [0.717, 1.165) is 31.4 Å². The molecule has 1 aromatic rings. The fraction of sp³-hybridized carbons (Fsp3) is 0.417. The van der Waals surface area contributed by atoms with Crippen LogP contribution in [0.1, 0.15) is 29.6 Å². The van der Waals surface area contributed by atoms with E-state index < -0.39 is 10.8 Å². The third kappa shape index (κ3) is 3.03. The standard InChI is InChI=1S/C12H13Cl2N3O3/c13-8-5-6(17(19)20)4-7(11(8)14)12(18)16-10-3-1-2-9(10)15/h4-5,9-10H,1-3,15H2,(H,16,18). The Kier molecular flexibility index (Phi) is 4.47.